The molecule has 0 radical (unpaired) electrons. The van der Waals surface area contributed by atoms with Gasteiger partial charge in [-0.3, -0.25) is 0 Å². The van der Waals surface area contributed by atoms with Crippen molar-refractivity contribution in [2.45, 2.75) is 52.0 Å². The second kappa shape index (κ2) is 8.89. The molecule has 0 amide bonds. The van der Waals surface area contributed by atoms with Gasteiger partial charge in [-0.25, -0.2) is 0 Å². The first-order chi connectivity index (χ1) is 8.67. The van der Waals surface area contributed by atoms with E-state index in [4.69, 9.17) is 5.11 Å². The van der Waals surface area contributed by atoms with Crippen LogP contribution in [0.1, 0.15) is 46.0 Å². The Kier molecular flexibility index (Phi) is 7.87. The molecule has 3 heteroatoms. The molecule has 0 saturated carbocycles. The summed E-state index contributed by atoms with van der Waals surface area (Å²) in [5, 5.41) is 8.87. The monoisotopic (exact) mass is 256 g/mol. The topological polar surface area (TPSA) is 26.7 Å². The van der Waals surface area contributed by atoms with Crippen LogP contribution >= 0.6 is 0 Å². The zero-order valence-corrected chi connectivity index (χ0v) is 12.6. The molecule has 0 spiro atoms. The van der Waals surface area contributed by atoms with Crippen molar-refractivity contribution in [3.05, 3.63) is 0 Å². The quantitative estimate of drug-likeness (QED) is 0.721. The van der Waals surface area contributed by atoms with Gasteiger partial charge in [-0.1, -0.05) is 20.3 Å². The maximum atomic E-state index is 8.87. The van der Waals surface area contributed by atoms with Crippen LogP contribution in [0.4, 0.5) is 0 Å². The fraction of sp³-hybridized carbons (Fsp3) is 1.00. The zero-order chi connectivity index (χ0) is 13.4. The van der Waals surface area contributed by atoms with Gasteiger partial charge in [0, 0.05) is 25.7 Å². The highest BCUT2D eigenvalue weighted by atomic mass is 16.3. The highest BCUT2D eigenvalue weighted by Crippen LogP contribution is 2.17. The molecule has 108 valence electrons. The predicted molar refractivity (Wildman–Crippen MR) is 77.9 cm³/mol. The second-order valence-corrected chi connectivity index (χ2v) is 5.98. The maximum Gasteiger partial charge on any atom is 0.0443 e. The molecule has 1 saturated heterocycles. The normalized spacial score (nSPS) is 20.5. The number of aliphatic hydroxyl groups is 1. The van der Waals surface area contributed by atoms with E-state index in [1.165, 1.54) is 45.3 Å². The van der Waals surface area contributed by atoms with Crippen LogP contribution in [0, 0.1) is 5.92 Å². The molecule has 0 aromatic rings. The van der Waals surface area contributed by atoms with Crippen LogP contribution < -0.4 is 0 Å². The lowest BCUT2D eigenvalue weighted by Gasteiger charge is -2.37. The van der Waals surface area contributed by atoms with Gasteiger partial charge < -0.3 is 14.9 Å². The molecule has 1 fully saturated rings. The minimum atomic E-state index is 0.317. The van der Waals surface area contributed by atoms with E-state index < -0.39 is 0 Å². The van der Waals surface area contributed by atoms with Crippen LogP contribution in [0.25, 0.3) is 0 Å². The Hall–Kier alpha value is -0.120. The Morgan fingerprint density at radius 1 is 1.33 bits per heavy atom. The van der Waals surface area contributed by atoms with E-state index >= 15 is 0 Å². The first kappa shape index (κ1) is 15.9. The number of hydrogen-bond acceptors (Lipinski definition) is 3. The SMILES string of the molecule is CCCC(C)CN1CCC(N(C)CCCO)CC1. The Morgan fingerprint density at radius 3 is 2.56 bits per heavy atom. The van der Waals surface area contributed by atoms with Crippen LogP contribution in [0.15, 0.2) is 0 Å². The fourth-order valence-electron chi connectivity index (χ4n) is 3.07. The lowest BCUT2D eigenvalue weighted by molar-refractivity contribution is 0.111. The number of rotatable bonds is 8. The molecule has 1 N–H and O–H groups in total. The molecule has 0 aromatic carbocycles. The number of likely N-dealkylation sites (tertiary alicyclic amines) is 1. The van der Waals surface area contributed by atoms with E-state index in [-0.39, 0.29) is 0 Å². The minimum Gasteiger partial charge on any atom is -0.396 e. The summed E-state index contributed by atoms with van der Waals surface area (Å²) >= 11 is 0. The van der Waals surface area contributed by atoms with Gasteiger partial charge in [-0.05, 0) is 51.7 Å². The molecular formula is C15H32N2O. The molecule has 18 heavy (non-hydrogen) atoms. The summed E-state index contributed by atoms with van der Waals surface area (Å²) in [6.07, 6.45) is 6.16. The minimum absolute atomic E-state index is 0.317. The van der Waals surface area contributed by atoms with Crippen LogP contribution in [0.5, 0.6) is 0 Å². The van der Waals surface area contributed by atoms with Crippen molar-refractivity contribution >= 4 is 0 Å². The van der Waals surface area contributed by atoms with Crippen LogP contribution in [0.3, 0.4) is 0 Å². The summed E-state index contributed by atoms with van der Waals surface area (Å²) < 4.78 is 0. The standard InChI is InChI=1S/C15H32N2O/c1-4-6-14(2)13-17-10-7-15(8-11-17)16(3)9-5-12-18/h14-15,18H,4-13H2,1-3H3. The van der Waals surface area contributed by atoms with Gasteiger partial charge in [0.05, 0.1) is 0 Å². The van der Waals surface area contributed by atoms with E-state index in [0.29, 0.717) is 6.61 Å². The Balaban J connectivity index is 2.19. The van der Waals surface area contributed by atoms with E-state index in [0.717, 1.165) is 24.9 Å². The number of nitrogens with zero attached hydrogens (tertiary/aromatic N) is 2. The Bertz CT molecular complexity index is 203. The van der Waals surface area contributed by atoms with Crippen LogP contribution in [-0.2, 0) is 0 Å². The average molecular weight is 256 g/mol. The molecular weight excluding hydrogens is 224 g/mol. The first-order valence-corrected chi connectivity index (χ1v) is 7.70. The Labute approximate surface area is 113 Å². The second-order valence-electron chi connectivity index (χ2n) is 5.98. The molecule has 3 nitrogen and oxygen atoms in total. The van der Waals surface area contributed by atoms with Gasteiger partial charge in [-0.15, -0.1) is 0 Å². The van der Waals surface area contributed by atoms with Crippen molar-refractivity contribution in [3.8, 4) is 0 Å². The molecule has 0 aliphatic carbocycles. The van der Waals surface area contributed by atoms with Crippen molar-refractivity contribution in [2.75, 3.05) is 39.8 Å². The van der Waals surface area contributed by atoms with E-state index in [1.807, 2.05) is 0 Å². The van der Waals surface area contributed by atoms with Gasteiger partial charge in [0.2, 0.25) is 0 Å². The summed E-state index contributed by atoms with van der Waals surface area (Å²) in [5.41, 5.74) is 0. The highest BCUT2D eigenvalue weighted by molar-refractivity contribution is 4.79. The summed E-state index contributed by atoms with van der Waals surface area (Å²) in [5.74, 6) is 0.846. The molecule has 1 aliphatic rings. The molecule has 0 bridgehead atoms. The summed E-state index contributed by atoms with van der Waals surface area (Å²) in [6, 6.07) is 0.731. The summed E-state index contributed by atoms with van der Waals surface area (Å²) in [7, 11) is 2.20. The fourth-order valence-corrected chi connectivity index (χ4v) is 3.07. The largest absolute Gasteiger partial charge is 0.396 e. The van der Waals surface area contributed by atoms with E-state index in [1.54, 1.807) is 0 Å². The first-order valence-electron chi connectivity index (χ1n) is 7.70. The van der Waals surface area contributed by atoms with Gasteiger partial charge in [0.15, 0.2) is 0 Å². The molecule has 1 rings (SSSR count). The number of piperidine rings is 1. The summed E-state index contributed by atoms with van der Waals surface area (Å²) in [4.78, 5) is 5.07. The van der Waals surface area contributed by atoms with Crippen molar-refractivity contribution in [1.82, 2.24) is 9.80 Å². The van der Waals surface area contributed by atoms with Gasteiger partial charge >= 0.3 is 0 Å². The molecule has 0 aromatic heterocycles. The highest BCUT2D eigenvalue weighted by Gasteiger charge is 2.22. The number of aliphatic hydroxyl groups excluding tert-OH is 1. The van der Waals surface area contributed by atoms with Crippen molar-refractivity contribution < 1.29 is 5.11 Å². The molecule has 1 aliphatic heterocycles. The molecule has 1 unspecified atom stereocenters. The average Bonchev–Trinajstić information content (AvgIpc) is 2.37. The van der Waals surface area contributed by atoms with Crippen molar-refractivity contribution in [1.29, 1.82) is 0 Å². The Morgan fingerprint density at radius 2 is 2.00 bits per heavy atom. The van der Waals surface area contributed by atoms with Crippen LogP contribution in [0.2, 0.25) is 0 Å². The third-order valence-electron chi connectivity index (χ3n) is 4.20. The third-order valence-corrected chi connectivity index (χ3v) is 4.20. The molecule has 1 atom stereocenters. The van der Waals surface area contributed by atoms with Crippen molar-refractivity contribution in [2.24, 2.45) is 5.92 Å². The van der Waals surface area contributed by atoms with E-state index in [2.05, 4.69) is 30.7 Å². The summed E-state index contributed by atoms with van der Waals surface area (Å²) in [6.45, 7) is 9.79. The lowest BCUT2D eigenvalue weighted by atomic mass is 10.0. The third kappa shape index (κ3) is 5.68. The number of hydrogen-bond donors (Lipinski definition) is 1. The predicted octanol–water partition coefficient (Wildman–Crippen LogP) is 2.20. The lowest BCUT2D eigenvalue weighted by Crippen LogP contribution is -2.44. The van der Waals surface area contributed by atoms with Crippen molar-refractivity contribution in [3.63, 3.8) is 0 Å². The van der Waals surface area contributed by atoms with Gasteiger partial charge in [0.1, 0.15) is 0 Å². The zero-order valence-electron chi connectivity index (χ0n) is 12.6. The van der Waals surface area contributed by atoms with E-state index in [9.17, 15) is 0 Å². The van der Waals surface area contributed by atoms with Gasteiger partial charge in [0.25, 0.3) is 0 Å². The van der Waals surface area contributed by atoms with Crippen LogP contribution in [-0.4, -0.2) is 60.8 Å². The van der Waals surface area contributed by atoms with Gasteiger partial charge in [-0.2, -0.15) is 0 Å². The maximum absolute atomic E-state index is 8.87. The smallest absolute Gasteiger partial charge is 0.0443 e. The molecule has 1 heterocycles.